The summed E-state index contributed by atoms with van der Waals surface area (Å²) in [5.74, 6) is 0.386. The Bertz CT molecular complexity index is 647. The minimum absolute atomic E-state index is 0.139. The van der Waals surface area contributed by atoms with Gasteiger partial charge in [-0.1, -0.05) is 6.07 Å². The van der Waals surface area contributed by atoms with Crippen molar-refractivity contribution in [3.8, 4) is 5.69 Å². The van der Waals surface area contributed by atoms with Gasteiger partial charge in [0.2, 0.25) is 0 Å². The number of nitrogen functional groups attached to an aromatic ring is 1. The molecule has 1 aromatic carbocycles. The first-order chi connectivity index (χ1) is 9.45. The van der Waals surface area contributed by atoms with Crippen LogP contribution in [0.2, 0.25) is 0 Å². The lowest BCUT2D eigenvalue weighted by Crippen LogP contribution is -2.10. The molecule has 20 heavy (non-hydrogen) atoms. The van der Waals surface area contributed by atoms with E-state index in [9.17, 15) is 4.79 Å². The molecule has 0 aliphatic rings. The van der Waals surface area contributed by atoms with Gasteiger partial charge in [-0.15, -0.1) is 0 Å². The summed E-state index contributed by atoms with van der Waals surface area (Å²) >= 11 is 0. The average molecular weight is 274 g/mol. The Balaban J connectivity index is 2.56. The summed E-state index contributed by atoms with van der Waals surface area (Å²) in [6.45, 7) is 1.80. The molecule has 2 aromatic rings. The van der Waals surface area contributed by atoms with Gasteiger partial charge in [0.05, 0.1) is 12.8 Å². The summed E-state index contributed by atoms with van der Waals surface area (Å²) in [7, 11) is 5.23. The average Bonchev–Trinajstić information content (AvgIpc) is 2.73. The summed E-state index contributed by atoms with van der Waals surface area (Å²) in [6, 6.07) is 7.82. The minimum Gasteiger partial charge on any atom is -0.464 e. The Kier molecular flexibility index (Phi) is 3.65. The number of nitrogens with two attached hydrogens (primary N) is 1. The highest BCUT2D eigenvalue weighted by Crippen LogP contribution is 2.24. The van der Waals surface area contributed by atoms with E-state index in [-0.39, 0.29) is 11.5 Å². The highest BCUT2D eigenvalue weighted by Gasteiger charge is 2.20. The maximum absolute atomic E-state index is 11.6. The van der Waals surface area contributed by atoms with Crippen LogP contribution in [0.4, 0.5) is 11.5 Å². The number of carbonyl (C=O) groups is 1. The van der Waals surface area contributed by atoms with Gasteiger partial charge in [-0.25, -0.2) is 9.78 Å². The van der Waals surface area contributed by atoms with E-state index >= 15 is 0 Å². The fourth-order valence-corrected chi connectivity index (χ4v) is 2.03. The van der Waals surface area contributed by atoms with E-state index in [2.05, 4.69) is 9.72 Å². The third kappa shape index (κ3) is 2.32. The number of aromatic nitrogens is 2. The van der Waals surface area contributed by atoms with Gasteiger partial charge in [0, 0.05) is 19.8 Å². The quantitative estimate of drug-likeness (QED) is 0.861. The molecule has 0 unspecified atom stereocenters. The molecule has 0 radical (unpaired) electrons. The summed E-state index contributed by atoms with van der Waals surface area (Å²) in [5, 5.41) is 0. The van der Waals surface area contributed by atoms with E-state index < -0.39 is 5.97 Å². The van der Waals surface area contributed by atoms with Crippen LogP contribution in [0.25, 0.3) is 5.69 Å². The SMILES string of the molecule is COC(=O)c1nc(C)n(-c2cccc(N(C)C)c2)c1N. The van der Waals surface area contributed by atoms with Crippen LogP contribution in [0.3, 0.4) is 0 Å². The van der Waals surface area contributed by atoms with Gasteiger partial charge >= 0.3 is 5.97 Å². The van der Waals surface area contributed by atoms with E-state index in [1.807, 2.05) is 43.3 Å². The predicted octanol–water partition coefficient (Wildman–Crippen LogP) is 1.62. The van der Waals surface area contributed by atoms with E-state index in [1.165, 1.54) is 7.11 Å². The summed E-state index contributed by atoms with van der Waals surface area (Å²) in [4.78, 5) is 17.8. The van der Waals surface area contributed by atoms with E-state index in [4.69, 9.17) is 5.73 Å². The van der Waals surface area contributed by atoms with Crippen molar-refractivity contribution in [2.75, 3.05) is 31.8 Å². The van der Waals surface area contributed by atoms with Gasteiger partial charge in [-0.05, 0) is 25.1 Å². The summed E-state index contributed by atoms with van der Waals surface area (Å²) < 4.78 is 6.42. The number of hydrogen-bond acceptors (Lipinski definition) is 5. The number of benzene rings is 1. The zero-order valence-corrected chi connectivity index (χ0v) is 12.0. The number of nitrogens with zero attached hydrogens (tertiary/aromatic N) is 3. The number of aryl methyl sites for hydroxylation is 1. The fraction of sp³-hybridized carbons (Fsp3) is 0.286. The largest absolute Gasteiger partial charge is 0.464 e. The first kappa shape index (κ1) is 13.9. The standard InChI is InChI=1S/C14H18N4O2/c1-9-16-12(14(19)20-4)13(15)18(9)11-7-5-6-10(8-11)17(2)3/h5-8H,15H2,1-4H3. The van der Waals surface area contributed by atoms with Crippen molar-refractivity contribution in [2.24, 2.45) is 0 Å². The zero-order chi connectivity index (χ0) is 14.9. The number of rotatable bonds is 3. The molecule has 0 saturated carbocycles. The number of hydrogen-bond donors (Lipinski definition) is 1. The molecule has 0 saturated heterocycles. The molecule has 2 N–H and O–H groups in total. The van der Waals surface area contributed by atoms with E-state index in [1.54, 1.807) is 11.5 Å². The maximum atomic E-state index is 11.6. The molecular weight excluding hydrogens is 256 g/mol. The van der Waals surface area contributed by atoms with Crippen LogP contribution in [0.1, 0.15) is 16.3 Å². The molecule has 0 spiro atoms. The van der Waals surface area contributed by atoms with Crippen molar-refractivity contribution >= 4 is 17.5 Å². The number of anilines is 2. The molecule has 0 atom stereocenters. The van der Waals surface area contributed by atoms with Crippen LogP contribution in [0.5, 0.6) is 0 Å². The first-order valence-electron chi connectivity index (χ1n) is 6.16. The predicted molar refractivity (Wildman–Crippen MR) is 78.4 cm³/mol. The lowest BCUT2D eigenvalue weighted by atomic mass is 10.2. The summed E-state index contributed by atoms with van der Waals surface area (Å²) in [6.07, 6.45) is 0. The highest BCUT2D eigenvalue weighted by molar-refractivity contribution is 5.92. The van der Waals surface area contributed by atoms with Gasteiger partial charge < -0.3 is 15.4 Å². The third-order valence-electron chi connectivity index (χ3n) is 3.06. The van der Waals surface area contributed by atoms with Crippen LogP contribution >= 0.6 is 0 Å². The number of methoxy groups -OCH3 is 1. The third-order valence-corrected chi connectivity index (χ3v) is 3.06. The molecule has 2 rings (SSSR count). The molecule has 0 aliphatic heterocycles. The molecule has 1 heterocycles. The zero-order valence-electron chi connectivity index (χ0n) is 12.0. The molecule has 6 heteroatoms. The molecule has 1 aromatic heterocycles. The van der Waals surface area contributed by atoms with Crippen molar-refractivity contribution in [2.45, 2.75) is 6.92 Å². The molecule has 0 fully saturated rings. The smallest absolute Gasteiger partial charge is 0.360 e. The second kappa shape index (κ2) is 5.24. The normalized spacial score (nSPS) is 10.4. The molecule has 6 nitrogen and oxygen atoms in total. The van der Waals surface area contributed by atoms with Crippen molar-refractivity contribution in [1.29, 1.82) is 0 Å². The first-order valence-corrected chi connectivity index (χ1v) is 6.16. The Hall–Kier alpha value is -2.50. The van der Waals surface area contributed by atoms with E-state index in [0.29, 0.717) is 5.82 Å². The van der Waals surface area contributed by atoms with Crippen LogP contribution < -0.4 is 10.6 Å². The second-order valence-electron chi connectivity index (χ2n) is 4.63. The van der Waals surface area contributed by atoms with Gasteiger partial charge in [0.1, 0.15) is 11.6 Å². The molecule has 0 aliphatic carbocycles. The minimum atomic E-state index is -0.534. The topological polar surface area (TPSA) is 73.4 Å². The van der Waals surface area contributed by atoms with Gasteiger partial charge in [0.15, 0.2) is 5.69 Å². The van der Waals surface area contributed by atoms with E-state index in [0.717, 1.165) is 11.4 Å². The fourth-order valence-electron chi connectivity index (χ4n) is 2.03. The second-order valence-corrected chi connectivity index (χ2v) is 4.63. The molecule has 0 amide bonds. The van der Waals surface area contributed by atoms with Crippen molar-refractivity contribution in [1.82, 2.24) is 9.55 Å². The Morgan fingerprint density at radius 2 is 2.10 bits per heavy atom. The number of imidazole rings is 1. The van der Waals surface area contributed by atoms with Crippen molar-refractivity contribution < 1.29 is 9.53 Å². The molecular formula is C14H18N4O2. The Morgan fingerprint density at radius 3 is 2.70 bits per heavy atom. The maximum Gasteiger partial charge on any atom is 0.360 e. The monoisotopic (exact) mass is 274 g/mol. The van der Waals surface area contributed by atoms with Gasteiger partial charge in [-0.3, -0.25) is 4.57 Å². The number of ether oxygens (including phenoxy) is 1. The van der Waals surface area contributed by atoms with Crippen LogP contribution in [-0.2, 0) is 4.74 Å². The van der Waals surface area contributed by atoms with Crippen LogP contribution in [-0.4, -0.2) is 36.7 Å². The van der Waals surface area contributed by atoms with Gasteiger partial charge in [-0.2, -0.15) is 0 Å². The number of carbonyl (C=O) groups excluding carboxylic acids is 1. The molecule has 0 bridgehead atoms. The highest BCUT2D eigenvalue weighted by atomic mass is 16.5. The Morgan fingerprint density at radius 1 is 1.40 bits per heavy atom. The summed E-state index contributed by atoms with van der Waals surface area (Å²) in [5.41, 5.74) is 8.06. The lowest BCUT2D eigenvalue weighted by Gasteiger charge is -2.15. The lowest BCUT2D eigenvalue weighted by molar-refractivity contribution is 0.0596. The van der Waals surface area contributed by atoms with Crippen LogP contribution in [0, 0.1) is 6.92 Å². The van der Waals surface area contributed by atoms with Crippen LogP contribution in [0.15, 0.2) is 24.3 Å². The Labute approximate surface area is 117 Å². The van der Waals surface area contributed by atoms with Crippen molar-refractivity contribution in [3.63, 3.8) is 0 Å². The molecule has 106 valence electrons. The van der Waals surface area contributed by atoms with Crippen molar-refractivity contribution in [3.05, 3.63) is 35.8 Å². The van der Waals surface area contributed by atoms with Gasteiger partial charge in [0.25, 0.3) is 0 Å². The number of esters is 1.